The Morgan fingerprint density at radius 3 is 2.23 bits per heavy atom. The Morgan fingerprint density at radius 2 is 1.63 bits per heavy atom. The van der Waals surface area contributed by atoms with Gasteiger partial charge in [-0.05, 0) is 67.3 Å². The van der Waals surface area contributed by atoms with Crippen molar-refractivity contribution in [2.75, 3.05) is 18.0 Å². The van der Waals surface area contributed by atoms with E-state index < -0.39 is 28.5 Å². The molecular formula is C32H37Cl2N3O5S. The van der Waals surface area contributed by atoms with Crippen molar-refractivity contribution >= 4 is 50.7 Å². The maximum Gasteiger partial charge on any atom is 0.264 e. The largest absolute Gasteiger partial charge is 0.497 e. The summed E-state index contributed by atoms with van der Waals surface area (Å²) in [4.78, 5) is 29.4. The Bertz CT molecular complexity index is 1500. The molecule has 0 aliphatic heterocycles. The first-order valence-corrected chi connectivity index (χ1v) is 16.6. The normalized spacial score (nSPS) is 14.5. The van der Waals surface area contributed by atoms with E-state index in [0.29, 0.717) is 12.2 Å². The van der Waals surface area contributed by atoms with Gasteiger partial charge < -0.3 is 15.0 Å². The van der Waals surface area contributed by atoms with E-state index in [-0.39, 0.29) is 39.1 Å². The van der Waals surface area contributed by atoms with Crippen LogP contribution in [0.25, 0.3) is 0 Å². The molecule has 1 aliphatic carbocycles. The van der Waals surface area contributed by atoms with Crippen molar-refractivity contribution in [1.29, 1.82) is 0 Å². The van der Waals surface area contributed by atoms with Gasteiger partial charge >= 0.3 is 0 Å². The Kier molecular flexibility index (Phi) is 11.3. The SMILES string of the molecule is CCC(C(=O)NC1CCCCC1)N(Cc1ccc(OC)cc1)C(=O)CN(c1ccc(Cl)c(Cl)c1)S(=O)(=O)c1ccccc1. The second-order valence-electron chi connectivity index (χ2n) is 10.6. The molecule has 0 bridgehead atoms. The molecule has 3 aromatic carbocycles. The fourth-order valence-electron chi connectivity index (χ4n) is 5.28. The molecule has 230 valence electrons. The van der Waals surface area contributed by atoms with Crippen LogP contribution in [0.15, 0.2) is 77.7 Å². The summed E-state index contributed by atoms with van der Waals surface area (Å²) >= 11 is 12.4. The van der Waals surface area contributed by atoms with Gasteiger partial charge in [0.1, 0.15) is 18.3 Å². The summed E-state index contributed by atoms with van der Waals surface area (Å²) < 4.78 is 34.2. The topological polar surface area (TPSA) is 96.0 Å². The summed E-state index contributed by atoms with van der Waals surface area (Å²) in [6, 6.07) is 18.7. The van der Waals surface area contributed by atoms with Crippen LogP contribution in [0, 0.1) is 0 Å². The molecule has 0 radical (unpaired) electrons. The first-order chi connectivity index (χ1) is 20.6. The number of carbonyl (C=O) groups is 2. The van der Waals surface area contributed by atoms with E-state index in [4.69, 9.17) is 27.9 Å². The van der Waals surface area contributed by atoms with Gasteiger partial charge in [0.25, 0.3) is 10.0 Å². The van der Waals surface area contributed by atoms with E-state index in [1.807, 2.05) is 19.1 Å². The van der Waals surface area contributed by atoms with Crippen molar-refractivity contribution in [1.82, 2.24) is 10.2 Å². The summed E-state index contributed by atoms with van der Waals surface area (Å²) in [5.41, 5.74) is 0.945. The maximum atomic E-state index is 14.2. The van der Waals surface area contributed by atoms with E-state index in [2.05, 4.69) is 5.32 Å². The molecule has 1 aliphatic rings. The van der Waals surface area contributed by atoms with Crippen LogP contribution in [-0.2, 0) is 26.2 Å². The number of sulfonamides is 1. The van der Waals surface area contributed by atoms with E-state index in [0.717, 1.165) is 42.0 Å². The highest BCUT2D eigenvalue weighted by atomic mass is 35.5. The molecule has 11 heteroatoms. The van der Waals surface area contributed by atoms with E-state index >= 15 is 0 Å². The lowest BCUT2D eigenvalue weighted by Gasteiger charge is -2.34. The van der Waals surface area contributed by atoms with Gasteiger partial charge in [-0.25, -0.2) is 8.42 Å². The standard InChI is InChI=1S/C32H37Cl2N3O5S/c1-3-30(32(39)35-24-10-6-4-7-11-24)36(21-23-14-17-26(42-2)18-15-23)31(38)22-37(25-16-19-28(33)29(34)20-25)43(40,41)27-12-8-5-9-13-27/h5,8-9,12-20,24,30H,3-4,6-7,10-11,21-22H2,1-2H3,(H,35,39). The zero-order chi connectivity index (χ0) is 31.0. The van der Waals surface area contributed by atoms with Crippen LogP contribution in [0.3, 0.4) is 0 Å². The monoisotopic (exact) mass is 645 g/mol. The average Bonchev–Trinajstić information content (AvgIpc) is 3.02. The number of ether oxygens (including phenoxy) is 1. The number of hydrogen-bond acceptors (Lipinski definition) is 5. The highest BCUT2D eigenvalue weighted by Gasteiger charge is 2.34. The summed E-state index contributed by atoms with van der Waals surface area (Å²) in [7, 11) is -2.63. The van der Waals surface area contributed by atoms with Crippen molar-refractivity contribution in [2.24, 2.45) is 0 Å². The van der Waals surface area contributed by atoms with Gasteiger partial charge in [-0.1, -0.05) is 79.7 Å². The maximum absolute atomic E-state index is 14.2. The van der Waals surface area contributed by atoms with Crippen molar-refractivity contribution < 1.29 is 22.7 Å². The lowest BCUT2D eigenvalue weighted by Crippen LogP contribution is -2.54. The zero-order valence-electron chi connectivity index (χ0n) is 24.3. The highest BCUT2D eigenvalue weighted by molar-refractivity contribution is 7.92. The third-order valence-electron chi connectivity index (χ3n) is 7.65. The molecule has 43 heavy (non-hydrogen) atoms. The molecule has 0 aromatic heterocycles. The number of benzene rings is 3. The minimum atomic E-state index is -4.20. The van der Waals surface area contributed by atoms with Crippen LogP contribution in [0.1, 0.15) is 51.0 Å². The second-order valence-corrected chi connectivity index (χ2v) is 13.2. The van der Waals surface area contributed by atoms with Crippen molar-refractivity contribution in [2.45, 2.75) is 69.0 Å². The van der Waals surface area contributed by atoms with Crippen molar-refractivity contribution in [3.05, 3.63) is 88.4 Å². The lowest BCUT2D eigenvalue weighted by molar-refractivity contribution is -0.140. The van der Waals surface area contributed by atoms with Gasteiger partial charge in [-0.2, -0.15) is 0 Å². The number of carbonyl (C=O) groups excluding carboxylic acids is 2. The van der Waals surface area contributed by atoms with Gasteiger partial charge in [0.05, 0.1) is 27.7 Å². The Balaban J connectivity index is 1.71. The van der Waals surface area contributed by atoms with Gasteiger partial charge in [0.15, 0.2) is 0 Å². The van der Waals surface area contributed by atoms with Crippen LogP contribution >= 0.6 is 23.2 Å². The number of methoxy groups -OCH3 is 1. The minimum Gasteiger partial charge on any atom is -0.497 e. The molecule has 0 spiro atoms. The molecule has 1 unspecified atom stereocenters. The first kappa shape index (κ1) is 32.6. The number of amides is 2. The number of rotatable bonds is 12. The smallest absolute Gasteiger partial charge is 0.264 e. The molecule has 4 rings (SSSR count). The summed E-state index contributed by atoms with van der Waals surface area (Å²) in [5, 5.41) is 3.54. The Hall–Kier alpha value is -3.27. The van der Waals surface area contributed by atoms with Crippen LogP contribution < -0.4 is 14.4 Å². The van der Waals surface area contributed by atoms with Crippen molar-refractivity contribution in [3.8, 4) is 5.75 Å². The fraction of sp³-hybridized carbons (Fsp3) is 0.375. The number of halogens is 2. The van der Waals surface area contributed by atoms with Crippen LogP contribution in [0.2, 0.25) is 10.0 Å². The van der Waals surface area contributed by atoms with Crippen LogP contribution in [0.5, 0.6) is 5.75 Å². The van der Waals surface area contributed by atoms with Crippen molar-refractivity contribution in [3.63, 3.8) is 0 Å². The molecule has 3 aromatic rings. The van der Waals surface area contributed by atoms with Crippen LogP contribution in [-0.4, -0.2) is 50.9 Å². The molecule has 2 amide bonds. The lowest BCUT2D eigenvalue weighted by atomic mass is 9.95. The van der Waals surface area contributed by atoms with E-state index in [1.54, 1.807) is 37.4 Å². The van der Waals surface area contributed by atoms with Gasteiger partial charge in [-0.15, -0.1) is 0 Å². The number of nitrogens with zero attached hydrogens (tertiary/aromatic N) is 2. The summed E-state index contributed by atoms with van der Waals surface area (Å²) in [6.07, 6.45) is 5.38. The molecule has 0 saturated heterocycles. The highest BCUT2D eigenvalue weighted by Crippen LogP contribution is 2.31. The molecule has 1 N–H and O–H groups in total. The van der Waals surface area contributed by atoms with E-state index in [1.165, 1.54) is 35.2 Å². The predicted octanol–water partition coefficient (Wildman–Crippen LogP) is 6.45. The molecule has 1 fully saturated rings. The zero-order valence-corrected chi connectivity index (χ0v) is 26.7. The molecule has 1 saturated carbocycles. The number of hydrogen-bond donors (Lipinski definition) is 1. The molecule has 1 atom stereocenters. The van der Waals surface area contributed by atoms with Gasteiger partial charge in [-0.3, -0.25) is 13.9 Å². The average molecular weight is 647 g/mol. The molecule has 8 nitrogen and oxygen atoms in total. The summed E-state index contributed by atoms with van der Waals surface area (Å²) in [5.74, 6) is -0.126. The third-order valence-corrected chi connectivity index (χ3v) is 10.2. The summed E-state index contributed by atoms with van der Waals surface area (Å²) in [6.45, 7) is 1.38. The minimum absolute atomic E-state index is 0.0117. The third kappa shape index (κ3) is 8.22. The molecule has 0 heterocycles. The van der Waals surface area contributed by atoms with Gasteiger partial charge in [0.2, 0.25) is 11.8 Å². The van der Waals surface area contributed by atoms with Gasteiger partial charge in [0, 0.05) is 12.6 Å². The number of nitrogens with one attached hydrogen (secondary N) is 1. The number of anilines is 1. The van der Waals surface area contributed by atoms with Crippen LogP contribution in [0.4, 0.5) is 5.69 Å². The fourth-order valence-corrected chi connectivity index (χ4v) is 7.00. The van der Waals surface area contributed by atoms with E-state index in [9.17, 15) is 18.0 Å². The Labute approximate surface area is 264 Å². The Morgan fingerprint density at radius 1 is 0.953 bits per heavy atom. The quantitative estimate of drug-likeness (QED) is 0.244. The molecular weight excluding hydrogens is 609 g/mol. The predicted molar refractivity (Wildman–Crippen MR) is 170 cm³/mol. The second kappa shape index (κ2) is 14.9. The first-order valence-electron chi connectivity index (χ1n) is 14.4.